The third kappa shape index (κ3) is 5.48. The van der Waals surface area contributed by atoms with E-state index in [1.165, 1.54) is 27.1 Å². The zero-order chi connectivity index (χ0) is 35.7. The molecular weight excluding hydrogens is 658 g/mol. The van der Waals surface area contributed by atoms with Crippen LogP contribution in [-0.4, -0.2) is 6.18 Å². The molecule has 0 aromatic heterocycles. The summed E-state index contributed by atoms with van der Waals surface area (Å²) in [5.41, 5.74) is 5.86. The van der Waals surface area contributed by atoms with Gasteiger partial charge in [-0.1, -0.05) is 146 Å². The van der Waals surface area contributed by atoms with Gasteiger partial charge in [-0.3, -0.25) is 0 Å². The number of alkyl halides is 3. The lowest BCUT2D eigenvalue weighted by Gasteiger charge is -2.16. The molecule has 0 N–H and O–H groups in total. The minimum absolute atomic E-state index is 0.242. The van der Waals surface area contributed by atoms with Gasteiger partial charge in [-0.2, -0.15) is 13.2 Å². The number of fused-ring (bicyclic) bond motifs is 9. The summed E-state index contributed by atoms with van der Waals surface area (Å²) in [7, 11) is 0. The summed E-state index contributed by atoms with van der Waals surface area (Å²) in [5.74, 6) is 0. The van der Waals surface area contributed by atoms with E-state index in [4.69, 9.17) is 0 Å². The topological polar surface area (TPSA) is 0 Å². The van der Waals surface area contributed by atoms with Crippen molar-refractivity contribution in [3.05, 3.63) is 181 Å². The van der Waals surface area contributed by atoms with Crippen LogP contribution in [0.5, 0.6) is 0 Å². The molecule has 0 saturated carbocycles. The van der Waals surface area contributed by atoms with E-state index in [1.807, 2.05) is 36.4 Å². The van der Waals surface area contributed by atoms with Crippen LogP contribution >= 0.6 is 0 Å². The predicted octanol–water partition coefficient (Wildman–Crippen LogP) is 14.7. The summed E-state index contributed by atoms with van der Waals surface area (Å²) in [6.07, 6.45) is -5.34. The lowest BCUT2D eigenvalue weighted by Crippen LogP contribution is -2.11. The predicted molar refractivity (Wildman–Crippen MR) is 218 cm³/mol. The second kappa shape index (κ2) is 12.1. The summed E-state index contributed by atoms with van der Waals surface area (Å²) < 4.78 is 42.0. The quantitative estimate of drug-likeness (QED) is 0.162. The van der Waals surface area contributed by atoms with E-state index in [-0.39, 0.29) is 5.56 Å². The molecule has 0 bridgehead atoms. The van der Waals surface area contributed by atoms with E-state index >= 15 is 0 Å². The third-order valence-electron chi connectivity index (χ3n) is 10.7. The lowest BCUT2D eigenvalue weighted by atomic mass is 9.88. The van der Waals surface area contributed by atoms with Gasteiger partial charge in [-0.05, 0) is 134 Å². The Morgan fingerprint density at radius 2 is 0.830 bits per heavy atom. The monoisotopic (exact) mass is 688 g/mol. The summed E-state index contributed by atoms with van der Waals surface area (Å²) >= 11 is 0. The van der Waals surface area contributed by atoms with Crippen molar-refractivity contribution in [1.82, 2.24) is 0 Å². The highest BCUT2D eigenvalue weighted by Gasteiger charge is 2.28. The fourth-order valence-corrected chi connectivity index (χ4v) is 8.35. The van der Waals surface area contributed by atoms with Crippen LogP contribution in [0, 0.1) is 0 Å². The average molecular weight is 689 g/mol. The Bertz CT molecular complexity index is 3080. The molecule has 10 rings (SSSR count). The van der Waals surface area contributed by atoms with Gasteiger partial charge in [0.2, 0.25) is 0 Å². The first-order valence-corrected chi connectivity index (χ1v) is 17.9. The minimum atomic E-state index is -4.34. The maximum Gasteiger partial charge on any atom is 0.393 e. The smallest absolute Gasteiger partial charge is 0.171 e. The van der Waals surface area contributed by atoms with Crippen molar-refractivity contribution >= 4 is 64.6 Å². The minimum Gasteiger partial charge on any atom is -0.171 e. The molecule has 53 heavy (non-hydrogen) atoms. The third-order valence-corrected chi connectivity index (χ3v) is 10.7. The van der Waals surface area contributed by atoms with Crippen LogP contribution in [0.2, 0.25) is 0 Å². The molecule has 0 amide bonds. The van der Waals surface area contributed by atoms with Crippen LogP contribution in [0.25, 0.3) is 98.0 Å². The van der Waals surface area contributed by atoms with Gasteiger partial charge in [0.15, 0.2) is 0 Å². The van der Waals surface area contributed by atoms with Crippen molar-refractivity contribution in [2.24, 2.45) is 0 Å². The largest absolute Gasteiger partial charge is 0.393 e. The van der Waals surface area contributed by atoms with Crippen molar-refractivity contribution in [3.63, 3.8) is 0 Å². The van der Waals surface area contributed by atoms with Crippen molar-refractivity contribution in [1.29, 1.82) is 0 Å². The molecule has 0 unspecified atom stereocenters. The van der Waals surface area contributed by atoms with E-state index < -0.39 is 12.6 Å². The zero-order valence-corrected chi connectivity index (χ0v) is 28.6. The van der Waals surface area contributed by atoms with Gasteiger partial charge >= 0.3 is 6.18 Å². The molecule has 10 aromatic rings. The molecule has 0 spiro atoms. The first-order chi connectivity index (χ1) is 25.9. The van der Waals surface area contributed by atoms with Crippen molar-refractivity contribution in [2.75, 3.05) is 0 Å². The van der Waals surface area contributed by atoms with Crippen LogP contribution in [0.15, 0.2) is 176 Å². The van der Waals surface area contributed by atoms with Crippen LogP contribution < -0.4 is 0 Å². The number of hydrogen-bond donors (Lipinski definition) is 0. The van der Waals surface area contributed by atoms with Gasteiger partial charge in [0.25, 0.3) is 0 Å². The Morgan fingerprint density at radius 3 is 1.58 bits per heavy atom. The standard InChI is InChI=1S/C50H31F3/c51-50(52,53)30-31-23-39(27-40(24-31)48-29-38-22-17-32-9-1-4-12-42(32)49(38)46-16-8-7-15-45(46)48)35-19-18-34-26-37(21-20-33(34)25-35)47-28-36-10-2-3-11-41(36)43-13-5-6-14-44(43)47/h1-29H,30H2. The molecule has 252 valence electrons. The Labute approximate surface area is 304 Å². The molecule has 0 radical (unpaired) electrons. The maximum absolute atomic E-state index is 14.0. The molecule has 0 aliphatic heterocycles. The summed E-state index contributed by atoms with van der Waals surface area (Å²) in [6, 6.07) is 60.4. The van der Waals surface area contributed by atoms with Crippen molar-refractivity contribution < 1.29 is 13.2 Å². The highest BCUT2D eigenvalue weighted by Crippen LogP contribution is 2.41. The Morgan fingerprint density at radius 1 is 0.321 bits per heavy atom. The van der Waals surface area contributed by atoms with Crippen LogP contribution in [-0.2, 0) is 6.42 Å². The Kier molecular flexibility index (Phi) is 7.13. The number of halogens is 3. The molecular formula is C50H31F3. The van der Waals surface area contributed by atoms with E-state index in [0.29, 0.717) is 0 Å². The van der Waals surface area contributed by atoms with Gasteiger partial charge in [0.05, 0.1) is 6.42 Å². The molecule has 3 heteroatoms. The van der Waals surface area contributed by atoms with Crippen LogP contribution in [0.3, 0.4) is 0 Å². The highest BCUT2D eigenvalue weighted by molar-refractivity contribution is 6.23. The summed E-state index contributed by atoms with van der Waals surface area (Å²) in [4.78, 5) is 0. The summed E-state index contributed by atoms with van der Waals surface area (Å²) in [6.45, 7) is 0. The molecule has 0 aliphatic carbocycles. The number of rotatable bonds is 4. The molecule has 0 heterocycles. The second-order valence-electron chi connectivity index (χ2n) is 14.0. The molecule has 0 nitrogen and oxygen atoms in total. The summed E-state index contributed by atoms with van der Waals surface area (Å²) in [5, 5.41) is 13.6. The maximum atomic E-state index is 14.0. The Hall–Kier alpha value is -6.45. The van der Waals surface area contributed by atoms with E-state index in [0.717, 1.165) is 70.9 Å². The van der Waals surface area contributed by atoms with Gasteiger partial charge in [-0.15, -0.1) is 0 Å². The Balaban J connectivity index is 1.12. The fraction of sp³-hybridized carbons (Fsp3) is 0.0400. The molecule has 0 fully saturated rings. The fourth-order valence-electron chi connectivity index (χ4n) is 8.35. The van der Waals surface area contributed by atoms with Crippen LogP contribution in [0.4, 0.5) is 13.2 Å². The second-order valence-corrected chi connectivity index (χ2v) is 14.0. The normalized spacial score (nSPS) is 12.1. The first kappa shape index (κ1) is 31.3. The van der Waals surface area contributed by atoms with E-state index in [9.17, 15) is 13.2 Å². The molecule has 0 saturated heterocycles. The average Bonchev–Trinajstić information content (AvgIpc) is 3.19. The van der Waals surface area contributed by atoms with Gasteiger partial charge < -0.3 is 0 Å². The van der Waals surface area contributed by atoms with Gasteiger partial charge in [0, 0.05) is 0 Å². The molecule has 0 aliphatic rings. The van der Waals surface area contributed by atoms with Gasteiger partial charge in [0.1, 0.15) is 0 Å². The number of hydrogen-bond acceptors (Lipinski definition) is 0. The van der Waals surface area contributed by atoms with Gasteiger partial charge in [-0.25, -0.2) is 0 Å². The van der Waals surface area contributed by atoms with E-state index in [2.05, 4.69) is 127 Å². The first-order valence-electron chi connectivity index (χ1n) is 17.9. The SMILES string of the molecule is FC(F)(F)Cc1cc(-c2ccc3cc(-c4cc5ccccc5c5ccccc45)ccc3c2)cc(-c2cc3ccc4ccccc4c3c3ccccc23)c1. The number of benzene rings is 10. The van der Waals surface area contributed by atoms with Crippen molar-refractivity contribution in [3.8, 4) is 33.4 Å². The van der Waals surface area contributed by atoms with Crippen LogP contribution in [0.1, 0.15) is 5.56 Å². The molecule has 0 atom stereocenters. The van der Waals surface area contributed by atoms with Crippen molar-refractivity contribution in [2.45, 2.75) is 12.6 Å². The highest BCUT2D eigenvalue weighted by atomic mass is 19.4. The van der Waals surface area contributed by atoms with E-state index in [1.54, 1.807) is 12.1 Å². The zero-order valence-electron chi connectivity index (χ0n) is 28.6. The molecule has 10 aromatic carbocycles. The lowest BCUT2D eigenvalue weighted by molar-refractivity contribution is -0.127.